The standard InChI is InChI=1S/C15H33N3O/c1-6-15(5,18-9-11-19-12-10-18)13(17-16)7-8-14(2,3)4/h13,17H,6-12,16H2,1-5H3. The molecule has 0 saturated carbocycles. The molecule has 3 N–H and O–H groups in total. The van der Waals surface area contributed by atoms with Crippen molar-refractivity contribution in [2.45, 2.75) is 65.5 Å². The maximum Gasteiger partial charge on any atom is 0.0594 e. The first-order chi connectivity index (χ1) is 8.83. The fraction of sp³-hybridized carbons (Fsp3) is 1.00. The Morgan fingerprint density at radius 1 is 1.21 bits per heavy atom. The van der Waals surface area contributed by atoms with Crippen LogP contribution in [0.1, 0.15) is 53.9 Å². The molecule has 1 rings (SSSR count). The van der Waals surface area contributed by atoms with Gasteiger partial charge in [-0.05, 0) is 31.6 Å². The zero-order chi connectivity index (χ0) is 14.5. The van der Waals surface area contributed by atoms with Crippen LogP contribution in [0.5, 0.6) is 0 Å². The minimum atomic E-state index is 0.115. The first-order valence-electron chi connectivity index (χ1n) is 7.62. The average Bonchev–Trinajstić information content (AvgIpc) is 2.38. The lowest BCUT2D eigenvalue weighted by Gasteiger charge is -2.48. The Morgan fingerprint density at radius 3 is 2.21 bits per heavy atom. The lowest BCUT2D eigenvalue weighted by Crippen LogP contribution is -2.63. The number of hydrogen-bond acceptors (Lipinski definition) is 4. The SMILES string of the molecule is CCC(C)(C(CCC(C)(C)C)NN)N1CCOCC1. The van der Waals surface area contributed by atoms with Gasteiger partial charge in [-0.3, -0.25) is 16.2 Å². The molecule has 1 fully saturated rings. The average molecular weight is 271 g/mol. The lowest BCUT2D eigenvalue weighted by molar-refractivity contribution is -0.0346. The first kappa shape index (κ1) is 16.9. The lowest BCUT2D eigenvalue weighted by atomic mass is 9.80. The Balaban J connectivity index is 2.71. The molecular weight excluding hydrogens is 238 g/mol. The van der Waals surface area contributed by atoms with E-state index >= 15 is 0 Å². The number of hydrogen-bond donors (Lipinski definition) is 2. The monoisotopic (exact) mass is 271 g/mol. The smallest absolute Gasteiger partial charge is 0.0594 e. The molecule has 0 radical (unpaired) electrons. The topological polar surface area (TPSA) is 50.5 Å². The minimum absolute atomic E-state index is 0.115. The second kappa shape index (κ2) is 7.02. The normalized spacial score (nSPS) is 23.1. The maximum atomic E-state index is 5.86. The fourth-order valence-electron chi connectivity index (χ4n) is 2.92. The van der Waals surface area contributed by atoms with Crippen LogP contribution in [0.4, 0.5) is 0 Å². The minimum Gasteiger partial charge on any atom is -0.379 e. The van der Waals surface area contributed by atoms with E-state index in [0.717, 1.165) is 39.1 Å². The molecule has 4 nitrogen and oxygen atoms in total. The van der Waals surface area contributed by atoms with Crippen molar-refractivity contribution in [3.8, 4) is 0 Å². The predicted octanol–water partition coefficient (Wildman–Crippen LogP) is 2.15. The largest absolute Gasteiger partial charge is 0.379 e. The molecule has 4 heteroatoms. The van der Waals surface area contributed by atoms with Gasteiger partial charge in [0.15, 0.2) is 0 Å². The zero-order valence-corrected chi connectivity index (χ0v) is 13.5. The van der Waals surface area contributed by atoms with Gasteiger partial charge in [-0.1, -0.05) is 27.7 Å². The van der Waals surface area contributed by atoms with Crippen molar-refractivity contribution in [1.82, 2.24) is 10.3 Å². The van der Waals surface area contributed by atoms with Gasteiger partial charge < -0.3 is 4.74 Å². The summed E-state index contributed by atoms with van der Waals surface area (Å²) >= 11 is 0. The van der Waals surface area contributed by atoms with E-state index in [-0.39, 0.29) is 5.54 Å². The molecule has 114 valence electrons. The molecule has 0 aromatic rings. The van der Waals surface area contributed by atoms with E-state index < -0.39 is 0 Å². The number of morpholine rings is 1. The molecule has 1 aliphatic rings. The molecule has 0 spiro atoms. The van der Waals surface area contributed by atoms with Gasteiger partial charge in [-0.25, -0.2) is 0 Å². The van der Waals surface area contributed by atoms with Crippen molar-refractivity contribution in [3.63, 3.8) is 0 Å². The number of rotatable bonds is 6. The number of ether oxygens (including phenoxy) is 1. The van der Waals surface area contributed by atoms with E-state index in [9.17, 15) is 0 Å². The molecule has 19 heavy (non-hydrogen) atoms. The highest BCUT2D eigenvalue weighted by molar-refractivity contribution is 4.96. The summed E-state index contributed by atoms with van der Waals surface area (Å²) in [5, 5.41) is 0. The highest BCUT2D eigenvalue weighted by Crippen LogP contribution is 2.30. The van der Waals surface area contributed by atoms with E-state index in [1.54, 1.807) is 0 Å². The summed E-state index contributed by atoms with van der Waals surface area (Å²) in [5.41, 5.74) is 3.55. The number of nitrogens with zero attached hydrogens (tertiary/aromatic N) is 1. The quantitative estimate of drug-likeness (QED) is 0.574. The summed E-state index contributed by atoms with van der Waals surface area (Å²) in [4.78, 5) is 2.55. The van der Waals surface area contributed by atoms with Crippen LogP contribution < -0.4 is 11.3 Å². The molecule has 1 heterocycles. The molecule has 1 aliphatic heterocycles. The fourth-order valence-corrected chi connectivity index (χ4v) is 2.92. The molecule has 2 atom stereocenters. The van der Waals surface area contributed by atoms with Gasteiger partial charge in [0.05, 0.1) is 13.2 Å². The third-order valence-corrected chi connectivity index (χ3v) is 4.58. The summed E-state index contributed by atoms with van der Waals surface area (Å²) in [6, 6.07) is 0.329. The van der Waals surface area contributed by atoms with E-state index in [4.69, 9.17) is 10.6 Å². The van der Waals surface area contributed by atoms with Gasteiger partial charge >= 0.3 is 0 Å². The van der Waals surface area contributed by atoms with Crippen molar-refractivity contribution in [2.75, 3.05) is 26.3 Å². The third kappa shape index (κ3) is 4.71. The summed E-state index contributed by atoms with van der Waals surface area (Å²) in [6.45, 7) is 15.2. The summed E-state index contributed by atoms with van der Waals surface area (Å²) in [6.07, 6.45) is 3.40. The Bertz CT molecular complexity index is 259. The Labute approximate surface area is 119 Å². The van der Waals surface area contributed by atoms with Gasteiger partial charge in [0.1, 0.15) is 0 Å². The molecule has 0 aliphatic carbocycles. The van der Waals surface area contributed by atoms with Crippen molar-refractivity contribution in [1.29, 1.82) is 0 Å². The molecule has 0 bridgehead atoms. The van der Waals surface area contributed by atoms with Crippen LogP contribution in [0.25, 0.3) is 0 Å². The molecule has 0 amide bonds. The van der Waals surface area contributed by atoms with Crippen LogP contribution in [0.15, 0.2) is 0 Å². The van der Waals surface area contributed by atoms with Gasteiger partial charge in [0.25, 0.3) is 0 Å². The highest BCUT2D eigenvalue weighted by atomic mass is 16.5. The van der Waals surface area contributed by atoms with Gasteiger partial charge in [0.2, 0.25) is 0 Å². The van der Waals surface area contributed by atoms with Crippen molar-refractivity contribution in [3.05, 3.63) is 0 Å². The molecule has 0 aromatic carbocycles. The number of nitrogens with two attached hydrogens (primary N) is 1. The Kier molecular flexibility index (Phi) is 6.24. The van der Waals surface area contributed by atoms with Gasteiger partial charge in [-0.15, -0.1) is 0 Å². The molecular formula is C15H33N3O. The second-order valence-corrected chi connectivity index (χ2v) is 7.13. The summed E-state index contributed by atoms with van der Waals surface area (Å²) < 4.78 is 5.47. The maximum absolute atomic E-state index is 5.86. The van der Waals surface area contributed by atoms with Crippen LogP contribution >= 0.6 is 0 Å². The number of hydrazine groups is 1. The van der Waals surface area contributed by atoms with Crippen LogP contribution in [-0.2, 0) is 4.74 Å². The van der Waals surface area contributed by atoms with Crippen LogP contribution in [0, 0.1) is 5.41 Å². The Hall–Kier alpha value is -0.160. The number of nitrogens with one attached hydrogen (secondary N) is 1. The predicted molar refractivity (Wildman–Crippen MR) is 80.9 cm³/mol. The van der Waals surface area contributed by atoms with Gasteiger partial charge in [-0.2, -0.15) is 0 Å². The Morgan fingerprint density at radius 2 is 1.79 bits per heavy atom. The zero-order valence-electron chi connectivity index (χ0n) is 13.5. The van der Waals surface area contributed by atoms with Crippen molar-refractivity contribution < 1.29 is 4.74 Å². The summed E-state index contributed by atoms with van der Waals surface area (Å²) in [7, 11) is 0. The van der Waals surface area contributed by atoms with E-state index in [1.807, 2.05) is 0 Å². The highest BCUT2D eigenvalue weighted by Gasteiger charge is 2.38. The van der Waals surface area contributed by atoms with Crippen LogP contribution in [0.3, 0.4) is 0 Å². The van der Waals surface area contributed by atoms with Crippen molar-refractivity contribution >= 4 is 0 Å². The summed E-state index contributed by atoms with van der Waals surface area (Å²) in [5.74, 6) is 5.86. The van der Waals surface area contributed by atoms with Crippen molar-refractivity contribution in [2.24, 2.45) is 11.3 Å². The van der Waals surface area contributed by atoms with Crippen LogP contribution in [0.2, 0.25) is 0 Å². The molecule has 2 unspecified atom stereocenters. The molecule has 1 saturated heterocycles. The van der Waals surface area contributed by atoms with E-state index in [2.05, 4.69) is 44.9 Å². The molecule has 0 aromatic heterocycles. The van der Waals surface area contributed by atoms with E-state index in [1.165, 1.54) is 6.42 Å². The second-order valence-electron chi connectivity index (χ2n) is 7.13. The third-order valence-electron chi connectivity index (χ3n) is 4.58. The van der Waals surface area contributed by atoms with Gasteiger partial charge in [0, 0.05) is 24.7 Å². The van der Waals surface area contributed by atoms with Crippen LogP contribution in [-0.4, -0.2) is 42.8 Å². The first-order valence-corrected chi connectivity index (χ1v) is 7.62. The van der Waals surface area contributed by atoms with E-state index in [0.29, 0.717) is 11.5 Å².